The van der Waals surface area contributed by atoms with Crippen molar-refractivity contribution in [2.45, 2.75) is 6.92 Å². The fourth-order valence-corrected chi connectivity index (χ4v) is 2.58. The van der Waals surface area contributed by atoms with Gasteiger partial charge in [0.15, 0.2) is 0 Å². The number of anilines is 2. The molecule has 2 aromatic carbocycles. The van der Waals surface area contributed by atoms with E-state index in [1.807, 2.05) is 30.3 Å². The Bertz CT molecular complexity index is 955. The molecule has 0 aliphatic carbocycles. The van der Waals surface area contributed by atoms with E-state index in [1.165, 1.54) is 4.68 Å². The van der Waals surface area contributed by atoms with Gasteiger partial charge in [0.2, 0.25) is 0 Å². The Hall–Kier alpha value is -3.28. The topological polar surface area (TPSA) is 82.1 Å². The van der Waals surface area contributed by atoms with Crippen molar-refractivity contribution >= 4 is 17.3 Å². The van der Waals surface area contributed by atoms with Crippen LogP contribution in [-0.2, 0) is 7.05 Å². The van der Waals surface area contributed by atoms with Crippen LogP contribution in [0.5, 0.6) is 0 Å². The van der Waals surface area contributed by atoms with Crippen LogP contribution in [0.3, 0.4) is 0 Å². The van der Waals surface area contributed by atoms with Gasteiger partial charge >= 0.3 is 0 Å². The highest BCUT2D eigenvalue weighted by molar-refractivity contribution is 6.05. The molecule has 0 aliphatic rings. The van der Waals surface area contributed by atoms with E-state index in [9.17, 15) is 9.59 Å². The lowest BCUT2D eigenvalue weighted by Gasteiger charge is -2.07. The van der Waals surface area contributed by atoms with Gasteiger partial charge in [-0.1, -0.05) is 24.3 Å². The molecule has 1 heterocycles. The summed E-state index contributed by atoms with van der Waals surface area (Å²) in [6, 6.07) is 15.9. The van der Waals surface area contributed by atoms with Gasteiger partial charge in [0, 0.05) is 18.3 Å². The van der Waals surface area contributed by atoms with E-state index in [4.69, 9.17) is 5.73 Å². The summed E-state index contributed by atoms with van der Waals surface area (Å²) in [5, 5.41) is 2.70. The first-order valence-corrected chi connectivity index (χ1v) is 7.50. The molecule has 3 N–H and O–H groups in total. The highest BCUT2D eigenvalue weighted by atomic mass is 16.2. The standard InChI is InChI=1S/C18H18N4O2/c1-12-16(20-17(23)13-7-6-8-14(19)11-13)18(24)22(21(12)2)15-9-4-3-5-10-15/h3-11H,19H2,1-2H3,(H,20,23). The molecular weight excluding hydrogens is 304 g/mol. The Balaban J connectivity index is 2.01. The number of aromatic nitrogens is 2. The monoisotopic (exact) mass is 322 g/mol. The summed E-state index contributed by atoms with van der Waals surface area (Å²) in [6.07, 6.45) is 0. The van der Waals surface area contributed by atoms with Crippen LogP contribution in [0.4, 0.5) is 11.4 Å². The number of benzene rings is 2. The highest BCUT2D eigenvalue weighted by Crippen LogP contribution is 2.15. The van der Waals surface area contributed by atoms with Crippen LogP contribution in [0.2, 0.25) is 0 Å². The second kappa shape index (κ2) is 6.08. The first-order chi connectivity index (χ1) is 11.5. The SMILES string of the molecule is Cc1c(NC(=O)c2cccc(N)c2)c(=O)n(-c2ccccc2)n1C. The summed E-state index contributed by atoms with van der Waals surface area (Å²) in [4.78, 5) is 25.2. The first kappa shape index (κ1) is 15.6. The lowest BCUT2D eigenvalue weighted by molar-refractivity contribution is 0.102. The second-order valence-corrected chi connectivity index (χ2v) is 5.52. The van der Waals surface area contributed by atoms with Crippen molar-refractivity contribution in [3.63, 3.8) is 0 Å². The summed E-state index contributed by atoms with van der Waals surface area (Å²) < 4.78 is 3.23. The Morgan fingerprint density at radius 3 is 2.46 bits per heavy atom. The Morgan fingerprint density at radius 2 is 1.79 bits per heavy atom. The average molecular weight is 322 g/mol. The molecule has 0 bridgehead atoms. The maximum absolute atomic E-state index is 12.7. The fourth-order valence-electron chi connectivity index (χ4n) is 2.58. The maximum Gasteiger partial charge on any atom is 0.295 e. The minimum atomic E-state index is -0.367. The lowest BCUT2D eigenvalue weighted by Crippen LogP contribution is -2.23. The number of nitrogens with zero attached hydrogens (tertiary/aromatic N) is 2. The molecule has 0 fully saturated rings. The molecule has 0 radical (unpaired) electrons. The fraction of sp³-hybridized carbons (Fsp3) is 0.111. The number of hydrogen-bond donors (Lipinski definition) is 2. The highest BCUT2D eigenvalue weighted by Gasteiger charge is 2.18. The van der Waals surface area contributed by atoms with Crippen LogP contribution in [-0.4, -0.2) is 15.3 Å². The van der Waals surface area contributed by atoms with Crippen molar-refractivity contribution in [1.82, 2.24) is 9.36 Å². The van der Waals surface area contributed by atoms with Gasteiger partial charge in [-0.3, -0.25) is 14.3 Å². The molecule has 6 nitrogen and oxygen atoms in total. The van der Waals surface area contributed by atoms with Crippen LogP contribution in [0.25, 0.3) is 5.69 Å². The molecule has 1 aromatic heterocycles. The van der Waals surface area contributed by atoms with Gasteiger partial charge in [0.05, 0.1) is 11.4 Å². The third-order valence-corrected chi connectivity index (χ3v) is 3.94. The van der Waals surface area contributed by atoms with Crippen LogP contribution in [0.15, 0.2) is 59.4 Å². The molecule has 3 aromatic rings. The summed E-state index contributed by atoms with van der Waals surface area (Å²) in [6.45, 7) is 1.79. The van der Waals surface area contributed by atoms with Crippen molar-refractivity contribution in [2.24, 2.45) is 7.05 Å². The summed E-state index contributed by atoms with van der Waals surface area (Å²) in [5.41, 5.74) is 7.99. The van der Waals surface area contributed by atoms with E-state index in [2.05, 4.69) is 5.32 Å². The smallest absolute Gasteiger partial charge is 0.295 e. The Morgan fingerprint density at radius 1 is 1.08 bits per heavy atom. The van der Waals surface area contributed by atoms with Gasteiger partial charge in [0.25, 0.3) is 11.5 Å². The molecule has 0 saturated carbocycles. The predicted octanol–water partition coefficient (Wildman–Crippen LogP) is 2.32. The molecule has 0 aliphatic heterocycles. The van der Waals surface area contributed by atoms with Gasteiger partial charge in [-0.15, -0.1) is 0 Å². The third kappa shape index (κ3) is 2.69. The molecule has 0 spiro atoms. The molecular formula is C18H18N4O2. The Kier molecular flexibility index (Phi) is 3.95. The van der Waals surface area contributed by atoms with Gasteiger partial charge in [-0.2, -0.15) is 0 Å². The van der Waals surface area contributed by atoms with Crippen LogP contribution in [0.1, 0.15) is 16.1 Å². The zero-order valence-electron chi connectivity index (χ0n) is 13.5. The van der Waals surface area contributed by atoms with E-state index in [1.54, 1.807) is 42.9 Å². The maximum atomic E-state index is 12.7. The number of rotatable bonds is 3. The first-order valence-electron chi connectivity index (χ1n) is 7.50. The third-order valence-electron chi connectivity index (χ3n) is 3.94. The normalized spacial score (nSPS) is 10.6. The van der Waals surface area contributed by atoms with Crippen molar-refractivity contribution in [3.8, 4) is 5.69 Å². The number of nitrogen functional groups attached to an aromatic ring is 1. The molecule has 0 saturated heterocycles. The van der Waals surface area contributed by atoms with Crippen molar-refractivity contribution in [3.05, 3.63) is 76.2 Å². The summed E-state index contributed by atoms with van der Waals surface area (Å²) >= 11 is 0. The second-order valence-electron chi connectivity index (χ2n) is 5.52. The van der Waals surface area contributed by atoms with E-state index in [0.717, 1.165) is 5.69 Å². The molecule has 6 heteroatoms. The molecule has 0 unspecified atom stereocenters. The van der Waals surface area contributed by atoms with E-state index < -0.39 is 0 Å². The van der Waals surface area contributed by atoms with E-state index in [0.29, 0.717) is 16.9 Å². The van der Waals surface area contributed by atoms with E-state index in [-0.39, 0.29) is 17.2 Å². The summed E-state index contributed by atoms with van der Waals surface area (Å²) in [7, 11) is 1.78. The molecule has 0 atom stereocenters. The van der Waals surface area contributed by atoms with Crippen molar-refractivity contribution in [2.75, 3.05) is 11.1 Å². The van der Waals surface area contributed by atoms with E-state index >= 15 is 0 Å². The number of amides is 1. The number of hydrogen-bond acceptors (Lipinski definition) is 3. The quantitative estimate of drug-likeness (QED) is 0.726. The van der Waals surface area contributed by atoms with Gasteiger partial charge in [-0.05, 0) is 37.3 Å². The molecule has 122 valence electrons. The van der Waals surface area contributed by atoms with Gasteiger partial charge in [0.1, 0.15) is 5.69 Å². The predicted molar refractivity (Wildman–Crippen MR) is 94.6 cm³/mol. The van der Waals surface area contributed by atoms with Crippen LogP contribution < -0.4 is 16.6 Å². The largest absolute Gasteiger partial charge is 0.399 e. The van der Waals surface area contributed by atoms with Crippen LogP contribution >= 0.6 is 0 Å². The Labute approximate surface area is 139 Å². The minimum Gasteiger partial charge on any atom is -0.399 e. The average Bonchev–Trinajstić information content (AvgIpc) is 2.79. The number of carbonyl (C=O) groups excluding carboxylic acids is 1. The number of nitrogens with one attached hydrogen (secondary N) is 1. The van der Waals surface area contributed by atoms with Crippen molar-refractivity contribution < 1.29 is 4.79 Å². The minimum absolute atomic E-state index is 0.258. The zero-order valence-corrected chi connectivity index (χ0v) is 13.5. The summed E-state index contributed by atoms with van der Waals surface area (Å²) in [5.74, 6) is -0.367. The number of carbonyl (C=O) groups is 1. The molecule has 3 rings (SSSR count). The lowest BCUT2D eigenvalue weighted by atomic mass is 10.2. The molecule has 24 heavy (non-hydrogen) atoms. The van der Waals surface area contributed by atoms with Gasteiger partial charge in [-0.25, -0.2) is 4.68 Å². The number of para-hydroxylation sites is 1. The van der Waals surface area contributed by atoms with Crippen molar-refractivity contribution in [1.29, 1.82) is 0 Å². The number of nitrogens with two attached hydrogens (primary N) is 1. The van der Waals surface area contributed by atoms with Gasteiger partial charge < -0.3 is 11.1 Å². The molecule has 1 amide bonds. The van der Waals surface area contributed by atoms with Crippen LogP contribution in [0, 0.1) is 6.92 Å². The zero-order chi connectivity index (χ0) is 17.3.